The van der Waals surface area contributed by atoms with Crippen LogP contribution in [0.5, 0.6) is 0 Å². The second kappa shape index (κ2) is 9.21. The van der Waals surface area contributed by atoms with Crippen LogP contribution in [0.1, 0.15) is 60.4 Å². The lowest BCUT2D eigenvalue weighted by Gasteiger charge is -2.30. The third-order valence-electron chi connectivity index (χ3n) is 6.16. The number of ether oxygens (including phenoxy) is 1. The van der Waals surface area contributed by atoms with E-state index in [4.69, 9.17) is 4.74 Å². The Morgan fingerprint density at radius 3 is 2.11 bits per heavy atom. The van der Waals surface area contributed by atoms with Gasteiger partial charge in [0, 0.05) is 34.6 Å². The van der Waals surface area contributed by atoms with Crippen molar-refractivity contribution in [1.29, 1.82) is 0 Å². The summed E-state index contributed by atoms with van der Waals surface area (Å²) in [6.07, 6.45) is -9.64. The fourth-order valence-corrected chi connectivity index (χ4v) is 4.62. The van der Waals surface area contributed by atoms with Crippen molar-refractivity contribution in [2.24, 2.45) is 0 Å². The van der Waals surface area contributed by atoms with Crippen LogP contribution in [0.15, 0.2) is 48.7 Å². The Bertz CT molecular complexity index is 1410. The van der Waals surface area contributed by atoms with E-state index in [0.717, 1.165) is 16.5 Å². The molecule has 1 amide bonds. The molecule has 0 saturated carbocycles. The molecule has 0 unspecified atom stereocenters. The van der Waals surface area contributed by atoms with Gasteiger partial charge in [-0.3, -0.25) is 4.79 Å². The number of alkyl halides is 6. The quantitative estimate of drug-likeness (QED) is 0.291. The molecule has 0 bridgehead atoms. The van der Waals surface area contributed by atoms with Gasteiger partial charge in [-0.25, -0.2) is 4.79 Å². The maximum Gasteiger partial charge on any atom is 0.416 e. The van der Waals surface area contributed by atoms with Crippen molar-refractivity contribution in [2.45, 2.75) is 51.6 Å². The largest absolute Gasteiger partial charge is 0.459 e. The molecule has 38 heavy (non-hydrogen) atoms. The summed E-state index contributed by atoms with van der Waals surface area (Å²) in [6.45, 7) is 6.64. The van der Waals surface area contributed by atoms with Gasteiger partial charge in [-0.15, -0.1) is 0 Å². The fraction of sp³-hybridized carbons (Fsp3) is 0.333. The number of carbonyl (C=O) groups is 2. The predicted octanol–water partition coefficient (Wildman–Crippen LogP) is 6.93. The lowest BCUT2D eigenvalue weighted by molar-refractivity contribution is -0.143. The molecule has 2 heterocycles. The second-order valence-corrected chi connectivity index (χ2v) is 10.0. The maximum atomic E-state index is 13.5. The lowest BCUT2D eigenvalue weighted by Crippen LogP contribution is -2.37. The minimum Gasteiger partial charge on any atom is -0.459 e. The number of H-pyrrole nitrogens is 1. The number of halogens is 6. The minimum absolute atomic E-state index is 0.0403. The molecule has 0 spiro atoms. The van der Waals surface area contributed by atoms with Gasteiger partial charge in [0.15, 0.2) is 0 Å². The van der Waals surface area contributed by atoms with Gasteiger partial charge in [0.2, 0.25) is 0 Å². The van der Waals surface area contributed by atoms with Crippen molar-refractivity contribution in [2.75, 3.05) is 6.54 Å². The molecule has 1 aliphatic heterocycles. The molecule has 11 heteroatoms. The Hall–Kier alpha value is -3.76. The number of carbonyl (C=O) groups excluding carboxylic acids is 2. The Balaban J connectivity index is 1.91. The highest BCUT2D eigenvalue weighted by Crippen LogP contribution is 2.41. The number of amides is 1. The monoisotopic (exact) mass is 538 g/mol. The normalized spacial score (nSPS) is 15.8. The van der Waals surface area contributed by atoms with Gasteiger partial charge in [0.05, 0.1) is 28.5 Å². The molecule has 1 aliphatic rings. The Kier molecular flexibility index (Phi) is 6.61. The van der Waals surface area contributed by atoms with Crippen molar-refractivity contribution in [1.82, 2.24) is 9.88 Å². The van der Waals surface area contributed by atoms with Crippen LogP contribution < -0.4 is 0 Å². The first-order valence-electron chi connectivity index (χ1n) is 11.6. The van der Waals surface area contributed by atoms with Crippen LogP contribution in [0.3, 0.4) is 0 Å². The van der Waals surface area contributed by atoms with Gasteiger partial charge in [0.25, 0.3) is 5.91 Å². The third kappa shape index (κ3) is 5.14. The van der Waals surface area contributed by atoms with E-state index in [9.17, 15) is 35.9 Å². The first-order valence-corrected chi connectivity index (χ1v) is 11.6. The van der Waals surface area contributed by atoms with Crippen molar-refractivity contribution < 1.29 is 40.7 Å². The third-order valence-corrected chi connectivity index (χ3v) is 6.16. The van der Waals surface area contributed by atoms with Crippen LogP contribution in [0, 0.1) is 0 Å². The van der Waals surface area contributed by atoms with Gasteiger partial charge in [-0.05, 0) is 43.7 Å². The van der Waals surface area contributed by atoms with Gasteiger partial charge in [-0.2, -0.15) is 26.3 Å². The highest BCUT2D eigenvalue weighted by Gasteiger charge is 2.40. The standard InChI is InChI=1S/C27H24F6N2O3/c1-14(2)38-24(37)19-12-35(13-25(3,4)21-18-7-5-6-8-20(18)34-22(19)21)23(36)15-9-16(26(28,29)30)11-17(10-15)27(31,32)33/h5-12,14,34H,13H2,1-4H3. The van der Waals surface area contributed by atoms with Crippen LogP contribution in [-0.4, -0.2) is 34.4 Å². The summed E-state index contributed by atoms with van der Waals surface area (Å²) >= 11 is 0. The first kappa shape index (κ1) is 27.3. The van der Waals surface area contributed by atoms with E-state index in [2.05, 4.69) is 4.98 Å². The zero-order chi connectivity index (χ0) is 28.2. The molecule has 0 saturated heterocycles. The van der Waals surface area contributed by atoms with E-state index in [1.54, 1.807) is 45.9 Å². The average Bonchev–Trinajstić information content (AvgIpc) is 3.14. The van der Waals surface area contributed by atoms with E-state index in [-0.39, 0.29) is 18.2 Å². The molecule has 1 aromatic heterocycles. The highest BCUT2D eigenvalue weighted by atomic mass is 19.4. The predicted molar refractivity (Wildman–Crippen MR) is 128 cm³/mol. The van der Waals surface area contributed by atoms with Crippen molar-refractivity contribution in [3.63, 3.8) is 0 Å². The molecule has 5 nitrogen and oxygen atoms in total. The number of esters is 1. The maximum absolute atomic E-state index is 13.5. The van der Waals surface area contributed by atoms with Crippen LogP contribution in [0.4, 0.5) is 26.3 Å². The van der Waals surface area contributed by atoms with E-state index in [1.165, 1.54) is 0 Å². The summed E-state index contributed by atoms with van der Waals surface area (Å²) in [6, 6.07) is 7.92. The molecule has 0 aliphatic carbocycles. The zero-order valence-corrected chi connectivity index (χ0v) is 20.8. The summed E-state index contributed by atoms with van der Waals surface area (Å²) < 4.78 is 86.0. The lowest BCUT2D eigenvalue weighted by atomic mass is 9.81. The van der Waals surface area contributed by atoms with Gasteiger partial charge < -0.3 is 14.6 Å². The molecule has 4 rings (SSSR count). The topological polar surface area (TPSA) is 62.4 Å². The Morgan fingerprint density at radius 2 is 1.55 bits per heavy atom. The molecule has 2 aromatic carbocycles. The number of hydrogen-bond acceptors (Lipinski definition) is 3. The van der Waals surface area contributed by atoms with E-state index in [0.29, 0.717) is 28.9 Å². The molecule has 0 radical (unpaired) electrons. The number of aromatic nitrogens is 1. The fourth-order valence-electron chi connectivity index (χ4n) is 4.62. The summed E-state index contributed by atoms with van der Waals surface area (Å²) in [5.74, 6) is -1.93. The minimum atomic E-state index is -5.12. The number of hydrogen-bond donors (Lipinski definition) is 1. The van der Waals surface area contributed by atoms with Crippen LogP contribution >= 0.6 is 0 Å². The van der Waals surface area contributed by atoms with Gasteiger partial charge in [-0.1, -0.05) is 32.0 Å². The van der Waals surface area contributed by atoms with E-state index in [1.807, 2.05) is 6.07 Å². The summed E-state index contributed by atoms with van der Waals surface area (Å²) in [4.78, 5) is 30.8. The molecule has 1 N–H and O–H groups in total. The van der Waals surface area contributed by atoms with E-state index >= 15 is 0 Å². The first-order chi connectivity index (χ1) is 17.5. The molecule has 0 atom stereocenters. The van der Waals surface area contributed by atoms with Crippen LogP contribution in [0.25, 0.3) is 16.5 Å². The molecule has 202 valence electrons. The molecule has 3 aromatic rings. The smallest absolute Gasteiger partial charge is 0.416 e. The second-order valence-electron chi connectivity index (χ2n) is 10.0. The Labute approximate surface area is 214 Å². The summed E-state index contributed by atoms with van der Waals surface area (Å²) in [5.41, 5.74) is -3.25. The van der Waals surface area contributed by atoms with Gasteiger partial charge >= 0.3 is 18.3 Å². The van der Waals surface area contributed by atoms with Crippen molar-refractivity contribution in [3.05, 3.63) is 76.6 Å². The number of fused-ring (bicyclic) bond motifs is 3. The summed E-state index contributed by atoms with van der Waals surface area (Å²) in [5, 5.41) is 0.753. The number of nitrogens with one attached hydrogen (secondary N) is 1. The average molecular weight is 538 g/mol. The van der Waals surface area contributed by atoms with Crippen LogP contribution in [0.2, 0.25) is 0 Å². The molecular formula is C27H24F6N2O3. The highest BCUT2D eigenvalue weighted by molar-refractivity contribution is 6.18. The molecular weight excluding hydrogens is 514 g/mol. The number of benzene rings is 2. The summed E-state index contributed by atoms with van der Waals surface area (Å²) in [7, 11) is 0. The molecule has 0 fully saturated rings. The van der Waals surface area contributed by atoms with Crippen molar-refractivity contribution in [3.8, 4) is 0 Å². The van der Waals surface area contributed by atoms with Gasteiger partial charge in [0.1, 0.15) is 0 Å². The Morgan fingerprint density at radius 1 is 0.974 bits per heavy atom. The number of nitrogens with zero attached hydrogens (tertiary/aromatic N) is 1. The SMILES string of the molecule is CC(C)OC(=O)C1=CN(C(=O)c2cc(C(F)(F)F)cc(C(F)(F)F)c2)CC(C)(C)c2c1[nH]c1ccccc21. The zero-order valence-electron chi connectivity index (χ0n) is 20.8. The number of rotatable bonds is 3. The van der Waals surface area contributed by atoms with Crippen LogP contribution in [-0.2, 0) is 27.3 Å². The van der Waals surface area contributed by atoms with E-state index < -0.39 is 52.4 Å². The number of para-hydroxylation sites is 1. The number of aromatic amines is 1. The van der Waals surface area contributed by atoms with Crippen molar-refractivity contribution >= 4 is 28.4 Å².